The van der Waals surface area contributed by atoms with E-state index in [2.05, 4.69) is 10.1 Å². The topological polar surface area (TPSA) is 105 Å². The van der Waals surface area contributed by atoms with Crippen molar-refractivity contribution in [2.45, 2.75) is 12.5 Å². The number of hydrogen-bond acceptors (Lipinski definition) is 5. The predicted molar refractivity (Wildman–Crippen MR) is 59.0 cm³/mol. The molecule has 0 bridgehead atoms. The number of amides is 2. The number of carboxylic acid groups (broad SMARTS) is 1. The number of morpholine rings is 1. The van der Waals surface area contributed by atoms with Crippen LogP contribution in [0, 0.1) is 0 Å². The van der Waals surface area contributed by atoms with Gasteiger partial charge in [-0.2, -0.15) is 0 Å². The summed E-state index contributed by atoms with van der Waals surface area (Å²) in [5, 5.41) is 10.7. The van der Waals surface area contributed by atoms with Gasteiger partial charge < -0.3 is 24.8 Å². The van der Waals surface area contributed by atoms with Crippen molar-refractivity contribution < 1.29 is 29.0 Å². The van der Waals surface area contributed by atoms with Crippen LogP contribution in [0.4, 0.5) is 4.79 Å². The lowest BCUT2D eigenvalue weighted by molar-refractivity contribution is -0.145. The van der Waals surface area contributed by atoms with E-state index in [-0.39, 0.29) is 13.0 Å². The third-order valence-corrected chi connectivity index (χ3v) is 2.44. The number of urea groups is 1. The average Bonchev–Trinajstić information content (AvgIpc) is 2.36. The largest absolute Gasteiger partial charge is 0.480 e. The minimum atomic E-state index is -1.11. The number of carbonyl (C=O) groups is 3. The molecule has 0 aromatic rings. The van der Waals surface area contributed by atoms with Gasteiger partial charge in [-0.1, -0.05) is 0 Å². The first-order valence-electron chi connectivity index (χ1n) is 5.46. The molecular formula is C10H16N2O6. The Morgan fingerprint density at radius 2 is 2.22 bits per heavy atom. The maximum atomic E-state index is 11.6. The molecule has 1 aliphatic heterocycles. The van der Waals surface area contributed by atoms with Crippen LogP contribution in [0.5, 0.6) is 0 Å². The molecule has 2 amide bonds. The highest BCUT2D eigenvalue weighted by molar-refractivity contribution is 5.80. The van der Waals surface area contributed by atoms with Crippen LogP contribution < -0.4 is 5.32 Å². The molecule has 2 N–H and O–H groups in total. The number of esters is 1. The van der Waals surface area contributed by atoms with Crippen LogP contribution in [0.25, 0.3) is 0 Å². The van der Waals surface area contributed by atoms with Gasteiger partial charge in [-0.15, -0.1) is 0 Å². The van der Waals surface area contributed by atoms with Gasteiger partial charge in [0.15, 0.2) is 0 Å². The average molecular weight is 260 g/mol. The van der Waals surface area contributed by atoms with Gasteiger partial charge in [0, 0.05) is 13.1 Å². The summed E-state index contributed by atoms with van der Waals surface area (Å²) in [6.45, 7) is 0.476. The highest BCUT2D eigenvalue weighted by Gasteiger charge is 2.26. The summed E-state index contributed by atoms with van der Waals surface area (Å²) in [5.41, 5.74) is 0. The van der Waals surface area contributed by atoms with E-state index in [0.717, 1.165) is 0 Å². The second kappa shape index (κ2) is 6.80. The number of methoxy groups -OCH3 is 1. The van der Waals surface area contributed by atoms with E-state index in [1.54, 1.807) is 0 Å². The molecule has 1 unspecified atom stereocenters. The van der Waals surface area contributed by atoms with E-state index in [1.165, 1.54) is 12.0 Å². The zero-order chi connectivity index (χ0) is 13.5. The van der Waals surface area contributed by atoms with Crippen molar-refractivity contribution in [1.29, 1.82) is 0 Å². The molecule has 1 fully saturated rings. The Morgan fingerprint density at radius 1 is 1.50 bits per heavy atom. The van der Waals surface area contributed by atoms with Gasteiger partial charge in [0.1, 0.15) is 6.54 Å². The van der Waals surface area contributed by atoms with Crippen LogP contribution in [-0.4, -0.2) is 67.4 Å². The number of rotatable bonds is 4. The molecule has 1 aliphatic rings. The number of carbonyl (C=O) groups excluding carboxylic acids is 2. The van der Waals surface area contributed by atoms with Gasteiger partial charge in [-0.05, 0) is 0 Å². The van der Waals surface area contributed by atoms with Crippen LogP contribution in [0.15, 0.2) is 0 Å². The minimum absolute atomic E-state index is 0.0687. The summed E-state index contributed by atoms with van der Waals surface area (Å²) in [5.74, 6) is -1.52. The molecular weight excluding hydrogens is 244 g/mol. The Hall–Kier alpha value is -1.83. The quantitative estimate of drug-likeness (QED) is 0.631. The third-order valence-electron chi connectivity index (χ3n) is 2.44. The summed E-state index contributed by atoms with van der Waals surface area (Å²) < 4.78 is 9.83. The number of aliphatic carboxylic acids is 1. The first kappa shape index (κ1) is 14.2. The second-order valence-electron chi connectivity index (χ2n) is 3.77. The summed E-state index contributed by atoms with van der Waals surface area (Å²) in [4.78, 5) is 34.4. The fraction of sp³-hybridized carbons (Fsp3) is 0.700. The number of ether oxygens (including phenoxy) is 2. The van der Waals surface area contributed by atoms with Gasteiger partial charge in [0.25, 0.3) is 0 Å². The van der Waals surface area contributed by atoms with E-state index < -0.39 is 30.6 Å². The second-order valence-corrected chi connectivity index (χ2v) is 3.77. The standard InChI is InChI=1S/C10H16N2O6/c1-17-9(15)4-7-6-12(2-3-18-7)10(16)11-5-8(13)14/h7H,2-6H2,1H3,(H,11,16)(H,13,14). The number of carboxylic acids is 1. The van der Waals surface area contributed by atoms with E-state index >= 15 is 0 Å². The van der Waals surface area contributed by atoms with Crippen LogP contribution in [0.3, 0.4) is 0 Å². The molecule has 1 atom stereocenters. The SMILES string of the molecule is COC(=O)CC1CN(C(=O)NCC(=O)O)CCO1. The van der Waals surface area contributed by atoms with Gasteiger partial charge >= 0.3 is 18.0 Å². The van der Waals surface area contributed by atoms with E-state index in [1.807, 2.05) is 0 Å². The fourth-order valence-electron chi connectivity index (χ4n) is 1.56. The molecule has 8 nitrogen and oxygen atoms in total. The summed E-state index contributed by atoms with van der Waals surface area (Å²) >= 11 is 0. The lowest BCUT2D eigenvalue weighted by atomic mass is 10.2. The van der Waals surface area contributed by atoms with Crippen molar-refractivity contribution in [3.05, 3.63) is 0 Å². The molecule has 0 aliphatic carbocycles. The van der Waals surface area contributed by atoms with Crippen molar-refractivity contribution in [3.63, 3.8) is 0 Å². The molecule has 8 heteroatoms. The Labute approximate surface area is 104 Å². The van der Waals surface area contributed by atoms with Crippen LogP contribution in [-0.2, 0) is 19.1 Å². The van der Waals surface area contributed by atoms with Crippen molar-refractivity contribution in [2.75, 3.05) is 33.4 Å². The maximum absolute atomic E-state index is 11.6. The molecule has 0 aromatic heterocycles. The first-order chi connectivity index (χ1) is 8.52. The van der Waals surface area contributed by atoms with Crippen molar-refractivity contribution >= 4 is 18.0 Å². The lowest BCUT2D eigenvalue weighted by Crippen LogP contribution is -2.50. The normalized spacial score (nSPS) is 19.2. The molecule has 0 saturated carbocycles. The Bertz CT molecular complexity index is 332. The monoisotopic (exact) mass is 260 g/mol. The predicted octanol–water partition coefficient (Wildman–Crippen LogP) is -0.955. The number of hydrogen-bond donors (Lipinski definition) is 2. The Kier molecular flexibility index (Phi) is 5.37. The Balaban J connectivity index is 2.40. The molecule has 102 valence electrons. The molecule has 1 rings (SSSR count). The van der Waals surface area contributed by atoms with E-state index in [0.29, 0.717) is 13.2 Å². The lowest BCUT2D eigenvalue weighted by Gasteiger charge is -2.32. The van der Waals surface area contributed by atoms with E-state index in [4.69, 9.17) is 9.84 Å². The molecule has 1 heterocycles. The van der Waals surface area contributed by atoms with Crippen LogP contribution in [0.2, 0.25) is 0 Å². The summed E-state index contributed by atoms with van der Waals surface area (Å²) in [7, 11) is 1.28. The van der Waals surface area contributed by atoms with Gasteiger partial charge in [-0.3, -0.25) is 9.59 Å². The highest BCUT2D eigenvalue weighted by atomic mass is 16.5. The van der Waals surface area contributed by atoms with E-state index in [9.17, 15) is 14.4 Å². The Morgan fingerprint density at radius 3 is 2.83 bits per heavy atom. The molecule has 18 heavy (non-hydrogen) atoms. The number of nitrogens with zero attached hydrogens (tertiary/aromatic N) is 1. The molecule has 0 aromatic carbocycles. The molecule has 0 spiro atoms. The zero-order valence-corrected chi connectivity index (χ0v) is 10.0. The van der Waals surface area contributed by atoms with Crippen molar-refractivity contribution in [2.24, 2.45) is 0 Å². The third kappa shape index (κ3) is 4.58. The summed E-state index contributed by atoms with van der Waals surface area (Å²) in [6, 6.07) is -0.476. The summed E-state index contributed by atoms with van der Waals surface area (Å²) in [6.07, 6.45) is -0.346. The minimum Gasteiger partial charge on any atom is -0.480 e. The van der Waals surface area contributed by atoms with Crippen molar-refractivity contribution in [3.8, 4) is 0 Å². The molecule has 1 saturated heterocycles. The zero-order valence-electron chi connectivity index (χ0n) is 10.0. The molecule has 0 radical (unpaired) electrons. The first-order valence-corrected chi connectivity index (χ1v) is 5.46. The van der Waals surface area contributed by atoms with Gasteiger partial charge in [0.05, 0.1) is 26.2 Å². The fourth-order valence-corrected chi connectivity index (χ4v) is 1.56. The van der Waals surface area contributed by atoms with Gasteiger partial charge in [-0.25, -0.2) is 4.79 Å². The van der Waals surface area contributed by atoms with Gasteiger partial charge in [0.2, 0.25) is 0 Å². The highest BCUT2D eigenvalue weighted by Crippen LogP contribution is 2.09. The van der Waals surface area contributed by atoms with Crippen LogP contribution >= 0.6 is 0 Å². The smallest absolute Gasteiger partial charge is 0.323 e. The van der Waals surface area contributed by atoms with Crippen molar-refractivity contribution in [1.82, 2.24) is 10.2 Å². The van der Waals surface area contributed by atoms with Crippen LogP contribution in [0.1, 0.15) is 6.42 Å². The maximum Gasteiger partial charge on any atom is 0.323 e. The number of nitrogens with one attached hydrogen (secondary N) is 1.